The molecule has 30 heavy (non-hydrogen) atoms. The first-order valence-corrected chi connectivity index (χ1v) is 9.36. The monoisotopic (exact) mass is 433 g/mol. The SMILES string of the molecule is CCOC(=O)CC(=O)[C@H]1C[C@H](c2c(F)c(F)cc(F)c2F)CN1C(=O)OC(C)(C)C. The lowest BCUT2D eigenvalue weighted by Gasteiger charge is -2.27. The van der Waals surface area contributed by atoms with E-state index in [9.17, 15) is 31.9 Å². The van der Waals surface area contributed by atoms with Crippen LogP contribution in [0.1, 0.15) is 52.0 Å². The van der Waals surface area contributed by atoms with Crippen molar-refractivity contribution in [2.75, 3.05) is 13.2 Å². The lowest BCUT2D eigenvalue weighted by molar-refractivity contribution is -0.146. The predicted octanol–water partition coefficient (Wildman–Crippen LogP) is 3.86. The average molecular weight is 433 g/mol. The number of hydrogen-bond donors (Lipinski definition) is 0. The van der Waals surface area contributed by atoms with Gasteiger partial charge in [-0.1, -0.05) is 0 Å². The third-order valence-corrected chi connectivity index (χ3v) is 4.48. The van der Waals surface area contributed by atoms with Gasteiger partial charge in [0.15, 0.2) is 29.1 Å². The van der Waals surface area contributed by atoms with Gasteiger partial charge < -0.3 is 9.47 Å². The van der Waals surface area contributed by atoms with E-state index in [0.29, 0.717) is 0 Å². The van der Waals surface area contributed by atoms with E-state index in [1.807, 2.05) is 0 Å². The van der Waals surface area contributed by atoms with E-state index in [-0.39, 0.29) is 19.1 Å². The van der Waals surface area contributed by atoms with Crippen LogP contribution in [-0.2, 0) is 19.1 Å². The highest BCUT2D eigenvalue weighted by Gasteiger charge is 2.44. The van der Waals surface area contributed by atoms with Gasteiger partial charge in [0, 0.05) is 24.1 Å². The molecule has 0 saturated carbocycles. The van der Waals surface area contributed by atoms with Crippen LogP contribution in [0.15, 0.2) is 6.07 Å². The highest BCUT2D eigenvalue weighted by Crippen LogP contribution is 2.37. The standard InChI is InChI=1S/C20H23F4NO5/c1-5-29-15(27)8-14(26)13-6-10(9-25(13)19(28)30-20(2,3)4)16-17(23)11(21)7-12(22)18(16)24/h7,10,13H,5-6,8-9H2,1-4H3/t10-,13+/m0/s1. The number of carbonyl (C=O) groups excluding carboxylic acids is 3. The second-order valence-corrected chi connectivity index (χ2v) is 7.91. The molecule has 0 unspecified atom stereocenters. The molecule has 0 aromatic heterocycles. The molecule has 2 atom stereocenters. The van der Waals surface area contributed by atoms with Gasteiger partial charge in [-0.3, -0.25) is 14.5 Å². The van der Waals surface area contributed by atoms with Gasteiger partial charge >= 0.3 is 12.1 Å². The molecule has 166 valence electrons. The molecule has 1 aliphatic heterocycles. The van der Waals surface area contributed by atoms with Gasteiger partial charge in [-0.05, 0) is 34.1 Å². The highest BCUT2D eigenvalue weighted by molar-refractivity contribution is 6.00. The molecular formula is C20H23F4NO5. The van der Waals surface area contributed by atoms with Crippen LogP contribution in [0.25, 0.3) is 0 Å². The van der Waals surface area contributed by atoms with E-state index < -0.39 is 77.2 Å². The molecule has 0 radical (unpaired) electrons. The fraction of sp³-hybridized carbons (Fsp3) is 0.550. The molecule has 10 heteroatoms. The number of hydrogen-bond acceptors (Lipinski definition) is 5. The third-order valence-electron chi connectivity index (χ3n) is 4.48. The number of rotatable bonds is 5. The van der Waals surface area contributed by atoms with Crippen LogP contribution in [0.4, 0.5) is 22.4 Å². The Morgan fingerprint density at radius 1 is 1.10 bits per heavy atom. The van der Waals surface area contributed by atoms with Crippen LogP contribution >= 0.6 is 0 Å². The van der Waals surface area contributed by atoms with Crippen LogP contribution < -0.4 is 0 Å². The fourth-order valence-corrected chi connectivity index (χ4v) is 3.29. The second-order valence-electron chi connectivity index (χ2n) is 7.91. The van der Waals surface area contributed by atoms with Crippen LogP contribution in [0.3, 0.4) is 0 Å². The molecule has 1 aliphatic rings. The summed E-state index contributed by atoms with van der Waals surface area (Å²) in [7, 11) is 0. The Morgan fingerprint density at radius 2 is 1.67 bits per heavy atom. The molecule has 2 rings (SSSR count). The first kappa shape index (κ1) is 23.6. The number of ether oxygens (including phenoxy) is 2. The number of likely N-dealkylation sites (tertiary alicyclic amines) is 1. The third kappa shape index (κ3) is 5.28. The zero-order chi connectivity index (χ0) is 22.8. The number of ketones is 1. The molecule has 0 N–H and O–H groups in total. The maximum Gasteiger partial charge on any atom is 0.410 e. The number of halogens is 4. The van der Waals surface area contributed by atoms with E-state index in [1.54, 1.807) is 27.7 Å². The van der Waals surface area contributed by atoms with E-state index >= 15 is 0 Å². The van der Waals surface area contributed by atoms with Crippen molar-refractivity contribution in [3.63, 3.8) is 0 Å². The van der Waals surface area contributed by atoms with Crippen molar-refractivity contribution in [2.24, 2.45) is 0 Å². The summed E-state index contributed by atoms with van der Waals surface area (Å²) in [6, 6.07) is -1.20. The summed E-state index contributed by atoms with van der Waals surface area (Å²) in [4.78, 5) is 37.8. The number of nitrogens with zero attached hydrogens (tertiary/aromatic N) is 1. The first-order chi connectivity index (χ1) is 13.9. The Labute approximate surface area is 171 Å². The lowest BCUT2D eigenvalue weighted by atomic mass is 9.93. The Balaban J connectivity index is 2.38. The predicted molar refractivity (Wildman–Crippen MR) is 96.6 cm³/mol. The van der Waals surface area contributed by atoms with Crippen molar-refractivity contribution < 1.29 is 41.4 Å². The van der Waals surface area contributed by atoms with Crippen LogP contribution in [0.2, 0.25) is 0 Å². The van der Waals surface area contributed by atoms with Crippen molar-refractivity contribution >= 4 is 17.8 Å². The second kappa shape index (κ2) is 9.01. The molecular weight excluding hydrogens is 410 g/mol. The zero-order valence-electron chi connectivity index (χ0n) is 17.1. The van der Waals surface area contributed by atoms with Crippen molar-refractivity contribution in [3.8, 4) is 0 Å². The van der Waals surface area contributed by atoms with E-state index in [2.05, 4.69) is 0 Å². The van der Waals surface area contributed by atoms with Gasteiger partial charge in [0.25, 0.3) is 0 Å². The molecule has 1 saturated heterocycles. The Kier molecular flexibility index (Phi) is 7.10. The number of benzene rings is 1. The molecule has 0 spiro atoms. The quantitative estimate of drug-likeness (QED) is 0.305. The van der Waals surface area contributed by atoms with Crippen molar-refractivity contribution in [1.82, 2.24) is 4.90 Å². The summed E-state index contributed by atoms with van der Waals surface area (Å²) in [6.07, 6.45) is -1.97. The zero-order valence-corrected chi connectivity index (χ0v) is 17.1. The molecule has 0 bridgehead atoms. The van der Waals surface area contributed by atoms with Gasteiger partial charge in [-0.2, -0.15) is 0 Å². The van der Waals surface area contributed by atoms with Crippen molar-refractivity contribution in [3.05, 3.63) is 34.9 Å². The summed E-state index contributed by atoms with van der Waals surface area (Å²) < 4.78 is 65.8. The Bertz CT molecular complexity index is 826. The highest BCUT2D eigenvalue weighted by atomic mass is 19.2. The minimum atomic E-state index is -1.60. The van der Waals surface area contributed by atoms with Gasteiger partial charge in [0.05, 0.1) is 12.6 Å². The number of amides is 1. The van der Waals surface area contributed by atoms with Crippen LogP contribution in [0, 0.1) is 23.3 Å². The molecule has 0 aliphatic carbocycles. The maximum absolute atomic E-state index is 14.3. The minimum absolute atomic E-state index is 0.0359. The lowest BCUT2D eigenvalue weighted by Crippen LogP contribution is -2.44. The largest absolute Gasteiger partial charge is 0.466 e. The van der Waals surface area contributed by atoms with Gasteiger partial charge in [-0.25, -0.2) is 22.4 Å². The normalized spacial score (nSPS) is 19.0. The molecule has 1 aromatic rings. The molecule has 1 fully saturated rings. The van der Waals surface area contributed by atoms with E-state index in [4.69, 9.17) is 9.47 Å². The molecule has 1 heterocycles. The fourth-order valence-electron chi connectivity index (χ4n) is 3.29. The molecule has 1 aromatic carbocycles. The minimum Gasteiger partial charge on any atom is -0.466 e. The summed E-state index contributed by atoms with van der Waals surface area (Å²) >= 11 is 0. The Hall–Kier alpha value is -2.65. The number of carbonyl (C=O) groups is 3. The summed E-state index contributed by atoms with van der Waals surface area (Å²) in [5.41, 5.74) is -1.83. The summed E-state index contributed by atoms with van der Waals surface area (Å²) in [5, 5.41) is 0. The summed E-state index contributed by atoms with van der Waals surface area (Å²) in [5.74, 6) is -9.16. The number of esters is 1. The summed E-state index contributed by atoms with van der Waals surface area (Å²) in [6.45, 7) is 5.89. The average Bonchev–Trinajstić information content (AvgIpc) is 3.04. The van der Waals surface area contributed by atoms with Gasteiger partial charge in [0.1, 0.15) is 12.0 Å². The van der Waals surface area contributed by atoms with E-state index in [1.165, 1.54) is 0 Å². The van der Waals surface area contributed by atoms with Crippen molar-refractivity contribution in [2.45, 2.75) is 58.1 Å². The molecule has 1 amide bonds. The van der Waals surface area contributed by atoms with Gasteiger partial charge in [-0.15, -0.1) is 0 Å². The topological polar surface area (TPSA) is 72.9 Å². The number of Topliss-reactive ketones (excluding diaryl/α,β-unsaturated/α-hetero) is 1. The van der Waals surface area contributed by atoms with Crippen LogP contribution in [-0.4, -0.2) is 47.5 Å². The maximum atomic E-state index is 14.3. The van der Waals surface area contributed by atoms with Crippen molar-refractivity contribution in [1.29, 1.82) is 0 Å². The smallest absolute Gasteiger partial charge is 0.410 e. The molecule has 6 nitrogen and oxygen atoms in total. The Morgan fingerprint density at radius 3 is 2.17 bits per heavy atom. The van der Waals surface area contributed by atoms with E-state index in [0.717, 1.165) is 4.90 Å². The first-order valence-electron chi connectivity index (χ1n) is 9.36. The van der Waals surface area contributed by atoms with Crippen LogP contribution in [0.5, 0.6) is 0 Å². The van der Waals surface area contributed by atoms with Gasteiger partial charge in [0.2, 0.25) is 0 Å².